The molecule has 0 saturated heterocycles. The van der Waals surface area contributed by atoms with E-state index in [-0.39, 0.29) is 17.5 Å². The number of H-pyrrole nitrogens is 1. The van der Waals surface area contributed by atoms with E-state index in [4.69, 9.17) is 5.73 Å². The predicted octanol–water partition coefficient (Wildman–Crippen LogP) is 5.14. The van der Waals surface area contributed by atoms with Crippen molar-refractivity contribution in [3.05, 3.63) is 83.3 Å². The number of nitrogens with one attached hydrogen (secondary N) is 1. The monoisotopic (exact) mass is 469 g/mol. The van der Waals surface area contributed by atoms with Gasteiger partial charge >= 0.3 is 0 Å². The molecule has 2 aliphatic carbocycles. The van der Waals surface area contributed by atoms with Gasteiger partial charge in [0.25, 0.3) is 5.91 Å². The Bertz CT molecular complexity index is 1450. The molecule has 5 nitrogen and oxygen atoms in total. The smallest absolute Gasteiger partial charge is 0.250 e. The Balaban J connectivity index is 1.61. The standard InChI is InChI=1S/C29H28FN3O2/c1-3-23-17-6-5-7-18(16(17)9-13-33(23)24(34)4-2)25-21(30)14-19(28(31)35)27-26(25)20-15-29(11-12-29)10-8-22(20)32-27/h3-7,14,23,32H,1-2,8-13,15H2,(H2,31,35)/t23-/m0/s1. The molecule has 2 aromatic carbocycles. The summed E-state index contributed by atoms with van der Waals surface area (Å²) in [6.07, 6.45) is 8.95. The molecule has 1 atom stereocenters. The number of fused-ring (bicyclic) bond motifs is 4. The number of aromatic amines is 1. The van der Waals surface area contributed by atoms with E-state index in [0.29, 0.717) is 29.5 Å². The lowest BCUT2D eigenvalue weighted by atomic mass is 9.80. The van der Waals surface area contributed by atoms with Crippen molar-refractivity contribution in [2.24, 2.45) is 11.1 Å². The maximum Gasteiger partial charge on any atom is 0.250 e. The van der Waals surface area contributed by atoms with Gasteiger partial charge in [-0.15, -0.1) is 6.58 Å². The van der Waals surface area contributed by atoms with Crippen molar-refractivity contribution in [2.75, 3.05) is 6.54 Å². The van der Waals surface area contributed by atoms with E-state index in [9.17, 15) is 9.59 Å². The van der Waals surface area contributed by atoms with Crippen LogP contribution < -0.4 is 5.73 Å². The highest BCUT2D eigenvalue weighted by Gasteiger charge is 2.46. The van der Waals surface area contributed by atoms with Crippen LogP contribution in [0.5, 0.6) is 0 Å². The highest BCUT2D eigenvalue weighted by molar-refractivity contribution is 6.11. The molecule has 1 aromatic heterocycles. The third kappa shape index (κ3) is 3.19. The number of carbonyl (C=O) groups excluding carboxylic acids is 2. The van der Waals surface area contributed by atoms with Gasteiger partial charge in [-0.3, -0.25) is 9.59 Å². The predicted molar refractivity (Wildman–Crippen MR) is 134 cm³/mol. The molecular weight excluding hydrogens is 441 g/mol. The van der Waals surface area contributed by atoms with Crippen molar-refractivity contribution in [1.29, 1.82) is 0 Å². The summed E-state index contributed by atoms with van der Waals surface area (Å²) in [5.41, 5.74) is 12.3. The second-order valence-corrected chi connectivity index (χ2v) is 10.2. The van der Waals surface area contributed by atoms with Crippen LogP contribution in [0.2, 0.25) is 0 Å². The Morgan fingerprint density at radius 2 is 1.97 bits per heavy atom. The Kier molecular flexibility index (Phi) is 4.78. The maximum atomic E-state index is 16.0. The highest BCUT2D eigenvalue weighted by Crippen LogP contribution is 2.56. The van der Waals surface area contributed by atoms with Crippen LogP contribution in [0.4, 0.5) is 4.39 Å². The summed E-state index contributed by atoms with van der Waals surface area (Å²) in [5, 5.41) is 0.785. The summed E-state index contributed by atoms with van der Waals surface area (Å²) in [5.74, 6) is -1.24. The first kappa shape index (κ1) is 21.8. The first-order chi connectivity index (χ1) is 16.9. The molecule has 1 spiro atoms. The summed E-state index contributed by atoms with van der Waals surface area (Å²) in [7, 11) is 0. The largest absolute Gasteiger partial charge is 0.366 e. The topological polar surface area (TPSA) is 79.2 Å². The molecule has 1 aliphatic heterocycles. The molecule has 1 saturated carbocycles. The fourth-order valence-corrected chi connectivity index (χ4v) is 6.34. The number of benzene rings is 2. The molecule has 3 aliphatic rings. The van der Waals surface area contributed by atoms with Crippen LogP contribution in [-0.2, 0) is 24.1 Å². The van der Waals surface area contributed by atoms with E-state index in [1.807, 2.05) is 18.2 Å². The number of primary amides is 1. The summed E-state index contributed by atoms with van der Waals surface area (Å²) in [6.45, 7) is 8.08. The minimum absolute atomic E-state index is 0.153. The maximum absolute atomic E-state index is 16.0. The lowest BCUT2D eigenvalue weighted by Crippen LogP contribution is -2.38. The normalized spacial score (nSPS) is 19.8. The Hall–Kier alpha value is -3.67. The second-order valence-electron chi connectivity index (χ2n) is 10.2. The fourth-order valence-electron chi connectivity index (χ4n) is 6.34. The zero-order valence-corrected chi connectivity index (χ0v) is 19.6. The molecule has 3 aromatic rings. The number of rotatable bonds is 4. The van der Waals surface area contributed by atoms with Crippen LogP contribution in [0.25, 0.3) is 22.0 Å². The Labute approximate surface area is 203 Å². The SMILES string of the molecule is C=CC(=O)N1CCc2c(-c3c(F)cc(C(N)=O)c4[nH]c5c(c34)CC3(CC5)CC3)cccc2[C@@H]1C=C. The van der Waals surface area contributed by atoms with Crippen molar-refractivity contribution in [1.82, 2.24) is 9.88 Å². The highest BCUT2D eigenvalue weighted by atomic mass is 19.1. The van der Waals surface area contributed by atoms with Gasteiger partial charge in [0.05, 0.1) is 17.1 Å². The first-order valence-electron chi connectivity index (χ1n) is 12.2. The van der Waals surface area contributed by atoms with Gasteiger partial charge in [0.15, 0.2) is 0 Å². The Morgan fingerprint density at radius 3 is 2.66 bits per heavy atom. The van der Waals surface area contributed by atoms with Crippen LogP contribution >= 0.6 is 0 Å². The molecule has 6 heteroatoms. The van der Waals surface area contributed by atoms with Crippen LogP contribution in [0.15, 0.2) is 49.6 Å². The van der Waals surface area contributed by atoms with Crippen LogP contribution in [-0.4, -0.2) is 28.2 Å². The number of carbonyl (C=O) groups is 2. The quantitative estimate of drug-likeness (QED) is 0.410. The number of halogens is 1. The van der Waals surface area contributed by atoms with Crippen molar-refractivity contribution < 1.29 is 14.0 Å². The van der Waals surface area contributed by atoms with Gasteiger partial charge in [0, 0.05) is 23.2 Å². The second kappa shape index (κ2) is 7.67. The third-order valence-corrected chi connectivity index (χ3v) is 8.32. The molecule has 6 rings (SSSR count). The zero-order chi connectivity index (χ0) is 24.5. The first-order valence-corrected chi connectivity index (χ1v) is 12.2. The van der Waals surface area contributed by atoms with Crippen molar-refractivity contribution in [2.45, 2.75) is 44.6 Å². The van der Waals surface area contributed by atoms with Crippen LogP contribution in [0, 0.1) is 11.2 Å². The van der Waals surface area contributed by atoms with E-state index in [0.717, 1.165) is 52.6 Å². The molecule has 0 radical (unpaired) electrons. The van der Waals surface area contributed by atoms with Gasteiger partial charge in [0.1, 0.15) is 5.82 Å². The molecular formula is C29H28FN3O2. The summed E-state index contributed by atoms with van der Waals surface area (Å²) >= 11 is 0. The Morgan fingerprint density at radius 1 is 1.17 bits per heavy atom. The van der Waals surface area contributed by atoms with E-state index in [1.54, 1.807) is 11.0 Å². The molecule has 1 fully saturated rings. The lowest BCUT2D eigenvalue weighted by molar-refractivity contribution is -0.127. The average Bonchev–Trinajstić information content (AvgIpc) is 3.51. The van der Waals surface area contributed by atoms with Crippen LogP contribution in [0.3, 0.4) is 0 Å². The minimum atomic E-state index is -0.638. The van der Waals surface area contributed by atoms with E-state index in [2.05, 4.69) is 18.1 Å². The zero-order valence-electron chi connectivity index (χ0n) is 19.6. The molecule has 0 bridgehead atoms. The van der Waals surface area contributed by atoms with Gasteiger partial charge in [-0.25, -0.2) is 4.39 Å². The summed E-state index contributed by atoms with van der Waals surface area (Å²) < 4.78 is 16.0. The van der Waals surface area contributed by atoms with Crippen molar-refractivity contribution in [3.63, 3.8) is 0 Å². The number of hydrogen-bond donors (Lipinski definition) is 2. The van der Waals surface area contributed by atoms with E-state index >= 15 is 4.39 Å². The van der Waals surface area contributed by atoms with E-state index < -0.39 is 11.7 Å². The molecule has 178 valence electrons. The molecule has 0 unspecified atom stereocenters. The molecule has 2 heterocycles. The number of nitrogens with zero attached hydrogens (tertiary/aromatic N) is 1. The van der Waals surface area contributed by atoms with Crippen molar-refractivity contribution >= 4 is 22.7 Å². The van der Waals surface area contributed by atoms with Gasteiger partial charge < -0.3 is 15.6 Å². The number of aryl methyl sites for hydroxylation is 1. The molecule has 3 N–H and O–H groups in total. The van der Waals surface area contributed by atoms with Gasteiger partial charge in [-0.1, -0.05) is 30.9 Å². The van der Waals surface area contributed by atoms with Crippen molar-refractivity contribution in [3.8, 4) is 11.1 Å². The number of nitrogens with two attached hydrogens (primary N) is 1. The van der Waals surface area contributed by atoms with Crippen LogP contribution in [0.1, 0.15) is 58.0 Å². The number of amides is 2. The van der Waals surface area contributed by atoms with Gasteiger partial charge in [0.2, 0.25) is 5.91 Å². The average molecular weight is 470 g/mol. The van der Waals surface area contributed by atoms with Gasteiger partial charge in [-0.05, 0) is 78.3 Å². The summed E-state index contributed by atoms with van der Waals surface area (Å²) in [6, 6.07) is 6.78. The third-order valence-electron chi connectivity index (χ3n) is 8.32. The number of hydrogen-bond acceptors (Lipinski definition) is 2. The van der Waals surface area contributed by atoms with Gasteiger partial charge in [-0.2, -0.15) is 0 Å². The van der Waals surface area contributed by atoms with E-state index in [1.165, 1.54) is 25.0 Å². The number of aromatic nitrogens is 1. The fraction of sp³-hybridized carbons (Fsp3) is 0.310. The minimum Gasteiger partial charge on any atom is -0.366 e. The lowest BCUT2D eigenvalue weighted by Gasteiger charge is -2.36. The summed E-state index contributed by atoms with van der Waals surface area (Å²) in [4.78, 5) is 30.0. The molecule has 2 amide bonds. The molecule has 35 heavy (non-hydrogen) atoms.